The molecule has 1 radical (unpaired) electrons. The lowest BCUT2D eigenvalue weighted by molar-refractivity contribution is 0.200. The molecule has 0 bridgehead atoms. The number of rotatable bonds is 3. The van der Waals surface area contributed by atoms with E-state index in [0.29, 0.717) is 6.04 Å². The van der Waals surface area contributed by atoms with Crippen LogP contribution in [0, 0.1) is 0 Å². The molecule has 2 saturated heterocycles. The van der Waals surface area contributed by atoms with Crippen molar-refractivity contribution < 1.29 is 0 Å². The van der Waals surface area contributed by atoms with Gasteiger partial charge in [-0.25, -0.2) is 5.32 Å². The van der Waals surface area contributed by atoms with E-state index in [0.717, 1.165) is 26.2 Å². The van der Waals surface area contributed by atoms with E-state index in [4.69, 9.17) is 5.32 Å². The van der Waals surface area contributed by atoms with Gasteiger partial charge in [-0.05, 0) is 38.1 Å². The van der Waals surface area contributed by atoms with Gasteiger partial charge in [-0.2, -0.15) is 0 Å². The molecule has 2 fully saturated rings. The van der Waals surface area contributed by atoms with Crippen LogP contribution in [-0.2, 0) is 0 Å². The van der Waals surface area contributed by atoms with Crippen molar-refractivity contribution >= 4 is 5.69 Å². The van der Waals surface area contributed by atoms with E-state index >= 15 is 0 Å². The summed E-state index contributed by atoms with van der Waals surface area (Å²) < 4.78 is 0. The van der Waals surface area contributed by atoms with Crippen LogP contribution in [0.1, 0.15) is 19.3 Å². The highest BCUT2D eigenvalue weighted by molar-refractivity contribution is 5.46. The molecule has 1 atom stereocenters. The van der Waals surface area contributed by atoms with Crippen LogP contribution >= 0.6 is 0 Å². The molecule has 0 saturated carbocycles. The van der Waals surface area contributed by atoms with Crippen molar-refractivity contribution in [3.63, 3.8) is 0 Å². The van der Waals surface area contributed by atoms with Gasteiger partial charge in [-0.15, -0.1) is 0 Å². The number of likely N-dealkylation sites (tertiary alicyclic amines) is 1. The predicted molar refractivity (Wildman–Crippen MR) is 79.7 cm³/mol. The van der Waals surface area contributed by atoms with E-state index in [-0.39, 0.29) is 0 Å². The Balaban J connectivity index is 1.55. The SMILES string of the molecule is c1ccc(N2CC[N]C(CN3CCCCC3)C2)cc1. The summed E-state index contributed by atoms with van der Waals surface area (Å²) in [4.78, 5) is 5.09. The number of para-hydroxylation sites is 1. The molecule has 0 aromatic heterocycles. The van der Waals surface area contributed by atoms with Crippen molar-refractivity contribution in [2.75, 3.05) is 44.2 Å². The second-order valence-electron chi connectivity index (χ2n) is 5.70. The fraction of sp³-hybridized carbons (Fsp3) is 0.625. The summed E-state index contributed by atoms with van der Waals surface area (Å²) in [5, 5.41) is 4.82. The fourth-order valence-corrected chi connectivity index (χ4v) is 3.19. The highest BCUT2D eigenvalue weighted by atomic mass is 15.2. The van der Waals surface area contributed by atoms with Gasteiger partial charge in [0.2, 0.25) is 0 Å². The molecule has 19 heavy (non-hydrogen) atoms. The molecule has 1 unspecified atom stereocenters. The zero-order valence-corrected chi connectivity index (χ0v) is 11.7. The molecule has 1 aromatic rings. The molecule has 1 aromatic carbocycles. The molecule has 3 rings (SSSR count). The average Bonchev–Trinajstić information content (AvgIpc) is 2.49. The third kappa shape index (κ3) is 3.48. The zero-order valence-electron chi connectivity index (χ0n) is 11.7. The van der Waals surface area contributed by atoms with Gasteiger partial charge in [0.05, 0.1) is 6.04 Å². The van der Waals surface area contributed by atoms with Gasteiger partial charge in [0.1, 0.15) is 0 Å². The molecule has 0 spiro atoms. The van der Waals surface area contributed by atoms with Crippen LogP contribution in [0.4, 0.5) is 5.69 Å². The van der Waals surface area contributed by atoms with Gasteiger partial charge in [0.25, 0.3) is 0 Å². The lowest BCUT2D eigenvalue weighted by Crippen LogP contribution is -2.52. The summed E-state index contributed by atoms with van der Waals surface area (Å²) in [7, 11) is 0. The van der Waals surface area contributed by atoms with Crippen LogP contribution in [0.25, 0.3) is 0 Å². The maximum Gasteiger partial charge on any atom is 0.0549 e. The summed E-state index contributed by atoms with van der Waals surface area (Å²) in [6.07, 6.45) is 4.15. The Labute approximate surface area is 116 Å². The molecular formula is C16H24N3. The van der Waals surface area contributed by atoms with Crippen LogP contribution in [0.2, 0.25) is 0 Å². The first kappa shape index (κ1) is 12.9. The second kappa shape index (κ2) is 6.40. The minimum atomic E-state index is 0.493. The van der Waals surface area contributed by atoms with E-state index in [9.17, 15) is 0 Å². The molecular weight excluding hydrogens is 234 g/mol. The topological polar surface area (TPSA) is 20.6 Å². The van der Waals surface area contributed by atoms with Gasteiger partial charge in [0, 0.05) is 31.9 Å². The van der Waals surface area contributed by atoms with E-state index in [2.05, 4.69) is 40.1 Å². The molecule has 3 nitrogen and oxygen atoms in total. The lowest BCUT2D eigenvalue weighted by atomic mass is 10.1. The van der Waals surface area contributed by atoms with E-state index in [1.807, 2.05) is 0 Å². The molecule has 2 aliphatic heterocycles. The molecule has 2 aliphatic rings. The van der Waals surface area contributed by atoms with Crippen molar-refractivity contribution in [3.05, 3.63) is 30.3 Å². The second-order valence-corrected chi connectivity index (χ2v) is 5.70. The monoisotopic (exact) mass is 258 g/mol. The average molecular weight is 258 g/mol. The largest absolute Gasteiger partial charge is 0.369 e. The first-order valence-electron chi connectivity index (χ1n) is 7.61. The zero-order chi connectivity index (χ0) is 12.9. The van der Waals surface area contributed by atoms with Gasteiger partial charge >= 0.3 is 0 Å². The fourth-order valence-electron chi connectivity index (χ4n) is 3.19. The number of piperazine rings is 1. The van der Waals surface area contributed by atoms with Crippen molar-refractivity contribution in [3.8, 4) is 0 Å². The Bertz CT molecular complexity index is 373. The summed E-state index contributed by atoms with van der Waals surface area (Å²) in [6.45, 7) is 6.84. The van der Waals surface area contributed by atoms with Gasteiger partial charge < -0.3 is 9.80 Å². The molecule has 0 N–H and O–H groups in total. The number of piperidine rings is 1. The first-order chi connectivity index (χ1) is 9.42. The third-order valence-corrected chi connectivity index (χ3v) is 4.23. The van der Waals surface area contributed by atoms with Crippen LogP contribution in [0.5, 0.6) is 0 Å². The Hall–Kier alpha value is -1.06. The standard InChI is InChI=1S/C16H24N3/c1-3-7-16(8-4-1)19-12-9-17-15(14-19)13-18-10-5-2-6-11-18/h1,3-4,7-8,15H,2,5-6,9-14H2. The third-order valence-electron chi connectivity index (χ3n) is 4.23. The van der Waals surface area contributed by atoms with Crippen molar-refractivity contribution in [1.29, 1.82) is 0 Å². The number of hydrogen-bond acceptors (Lipinski definition) is 2. The van der Waals surface area contributed by atoms with Crippen LogP contribution in [0.15, 0.2) is 30.3 Å². The summed E-state index contributed by atoms with van der Waals surface area (Å²) >= 11 is 0. The number of benzene rings is 1. The number of hydrogen-bond donors (Lipinski definition) is 0. The molecule has 0 amide bonds. The van der Waals surface area contributed by atoms with E-state index in [1.54, 1.807) is 0 Å². The van der Waals surface area contributed by atoms with Crippen molar-refractivity contribution in [1.82, 2.24) is 10.2 Å². The number of anilines is 1. The number of nitrogens with zero attached hydrogens (tertiary/aromatic N) is 3. The molecule has 2 heterocycles. The summed E-state index contributed by atoms with van der Waals surface area (Å²) in [5.41, 5.74) is 1.35. The highest BCUT2D eigenvalue weighted by Gasteiger charge is 2.23. The first-order valence-corrected chi connectivity index (χ1v) is 7.61. The molecule has 103 valence electrons. The van der Waals surface area contributed by atoms with Gasteiger partial charge in [-0.3, -0.25) is 0 Å². The Morgan fingerprint density at radius 1 is 1.00 bits per heavy atom. The maximum atomic E-state index is 4.82. The van der Waals surface area contributed by atoms with Gasteiger partial charge in [0.15, 0.2) is 0 Å². The Kier molecular flexibility index (Phi) is 4.36. The normalized spacial score (nSPS) is 25.5. The predicted octanol–water partition coefficient (Wildman–Crippen LogP) is 1.97. The molecule has 0 aliphatic carbocycles. The van der Waals surface area contributed by atoms with Crippen molar-refractivity contribution in [2.24, 2.45) is 0 Å². The van der Waals surface area contributed by atoms with E-state index < -0.39 is 0 Å². The highest BCUT2D eigenvalue weighted by Crippen LogP contribution is 2.17. The van der Waals surface area contributed by atoms with E-state index in [1.165, 1.54) is 38.0 Å². The van der Waals surface area contributed by atoms with Crippen LogP contribution in [0.3, 0.4) is 0 Å². The summed E-state index contributed by atoms with van der Waals surface area (Å²) in [5.74, 6) is 0. The van der Waals surface area contributed by atoms with Crippen LogP contribution in [-0.4, -0.2) is 50.2 Å². The summed E-state index contributed by atoms with van der Waals surface area (Å²) in [6, 6.07) is 11.3. The smallest absolute Gasteiger partial charge is 0.0549 e. The van der Waals surface area contributed by atoms with Crippen molar-refractivity contribution in [2.45, 2.75) is 25.3 Å². The lowest BCUT2D eigenvalue weighted by Gasteiger charge is -2.37. The molecule has 3 heteroatoms. The maximum absolute atomic E-state index is 4.82. The minimum Gasteiger partial charge on any atom is -0.369 e. The minimum absolute atomic E-state index is 0.493. The Morgan fingerprint density at radius 2 is 1.79 bits per heavy atom. The van der Waals surface area contributed by atoms with Crippen LogP contribution < -0.4 is 10.2 Å². The van der Waals surface area contributed by atoms with Gasteiger partial charge in [-0.1, -0.05) is 24.6 Å². The quantitative estimate of drug-likeness (QED) is 0.826. The Morgan fingerprint density at radius 3 is 2.58 bits per heavy atom.